The van der Waals surface area contributed by atoms with Crippen LogP contribution in [0.25, 0.3) is 0 Å². The van der Waals surface area contributed by atoms with Gasteiger partial charge in [-0.05, 0) is 6.92 Å². The molecule has 2 aromatic heterocycles. The molecule has 1 unspecified atom stereocenters. The van der Waals surface area contributed by atoms with Crippen LogP contribution in [0.1, 0.15) is 18.0 Å². The van der Waals surface area contributed by atoms with Gasteiger partial charge in [-0.15, -0.1) is 11.3 Å². The fourth-order valence-electron chi connectivity index (χ4n) is 1.51. The van der Waals surface area contributed by atoms with Gasteiger partial charge in [0.05, 0.1) is 17.9 Å². The van der Waals surface area contributed by atoms with Crippen LogP contribution in [0, 0.1) is 0 Å². The van der Waals surface area contributed by atoms with Gasteiger partial charge in [-0.3, -0.25) is 9.48 Å². The van der Waals surface area contributed by atoms with Crippen molar-refractivity contribution in [3.05, 3.63) is 29.0 Å². The summed E-state index contributed by atoms with van der Waals surface area (Å²) in [5, 5.41) is 12.9. The van der Waals surface area contributed by atoms with Crippen molar-refractivity contribution in [3.8, 4) is 0 Å². The van der Waals surface area contributed by atoms with Gasteiger partial charge >= 0.3 is 0 Å². The van der Waals surface area contributed by atoms with Crippen LogP contribution in [-0.2, 0) is 11.3 Å². The van der Waals surface area contributed by atoms with Crippen LogP contribution in [0.2, 0.25) is 0 Å². The SMILES string of the molecule is CNC(=O)Cn1cc(NC(C)c2nccs2)cn1. The second-order valence-corrected chi connectivity index (χ2v) is 4.76. The Kier molecular flexibility index (Phi) is 3.93. The van der Waals surface area contributed by atoms with Gasteiger partial charge in [0.25, 0.3) is 0 Å². The summed E-state index contributed by atoms with van der Waals surface area (Å²) >= 11 is 1.61. The van der Waals surface area contributed by atoms with E-state index in [1.54, 1.807) is 41.7 Å². The molecule has 18 heavy (non-hydrogen) atoms. The number of rotatable bonds is 5. The molecule has 0 aromatic carbocycles. The first-order chi connectivity index (χ1) is 8.69. The second-order valence-electron chi connectivity index (χ2n) is 3.84. The minimum Gasteiger partial charge on any atom is -0.374 e. The first kappa shape index (κ1) is 12.6. The highest BCUT2D eigenvalue weighted by Gasteiger charge is 2.09. The molecule has 96 valence electrons. The van der Waals surface area contributed by atoms with E-state index in [0.717, 1.165) is 10.7 Å². The summed E-state index contributed by atoms with van der Waals surface area (Å²) in [5.74, 6) is -0.0716. The molecule has 0 aliphatic rings. The molecule has 0 bridgehead atoms. The normalized spacial score (nSPS) is 12.1. The van der Waals surface area contributed by atoms with E-state index in [9.17, 15) is 4.79 Å². The van der Waals surface area contributed by atoms with Gasteiger partial charge in [-0.1, -0.05) is 0 Å². The fourth-order valence-corrected chi connectivity index (χ4v) is 2.16. The molecule has 0 fully saturated rings. The van der Waals surface area contributed by atoms with Crippen molar-refractivity contribution < 1.29 is 4.79 Å². The molecule has 2 heterocycles. The molecule has 0 aliphatic heterocycles. The van der Waals surface area contributed by atoms with E-state index in [0.29, 0.717) is 0 Å². The number of anilines is 1. The number of likely N-dealkylation sites (N-methyl/N-ethyl adjacent to an activating group) is 1. The van der Waals surface area contributed by atoms with Crippen molar-refractivity contribution in [3.63, 3.8) is 0 Å². The lowest BCUT2D eigenvalue weighted by Crippen LogP contribution is -2.23. The van der Waals surface area contributed by atoms with Crippen LogP contribution in [-0.4, -0.2) is 27.7 Å². The van der Waals surface area contributed by atoms with Crippen molar-refractivity contribution in [2.24, 2.45) is 0 Å². The monoisotopic (exact) mass is 265 g/mol. The van der Waals surface area contributed by atoms with Crippen molar-refractivity contribution in [1.82, 2.24) is 20.1 Å². The molecule has 0 spiro atoms. The minimum absolute atomic E-state index is 0.0716. The standard InChI is InChI=1S/C11H15N5OS/c1-8(11-13-3-4-18-11)15-9-5-14-16(6-9)7-10(17)12-2/h3-6,8,15H,7H2,1-2H3,(H,12,17). The van der Waals surface area contributed by atoms with E-state index in [4.69, 9.17) is 0 Å². The summed E-state index contributed by atoms with van der Waals surface area (Å²) in [6, 6.07) is 0.127. The van der Waals surface area contributed by atoms with Crippen LogP contribution in [0.5, 0.6) is 0 Å². The quantitative estimate of drug-likeness (QED) is 0.853. The first-order valence-corrected chi connectivity index (χ1v) is 6.46. The zero-order valence-corrected chi connectivity index (χ0v) is 11.1. The third-order valence-corrected chi connectivity index (χ3v) is 3.38. The van der Waals surface area contributed by atoms with Gasteiger partial charge in [0.15, 0.2) is 0 Å². The van der Waals surface area contributed by atoms with Gasteiger partial charge in [-0.25, -0.2) is 4.98 Å². The third-order valence-electron chi connectivity index (χ3n) is 2.42. The number of hydrogen-bond acceptors (Lipinski definition) is 5. The smallest absolute Gasteiger partial charge is 0.241 e. The van der Waals surface area contributed by atoms with E-state index in [1.165, 1.54) is 0 Å². The van der Waals surface area contributed by atoms with Crippen LogP contribution < -0.4 is 10.6 Å². The number of nitrogens with one attached hydrogen (secondary N) is 2. The molecule has 0 saturated heterocycles. The van der Waals surface area contributed by atoms with E-state index < -0.39 is 0 Å². The Morgan fingerprint density at radius 1 is 1.61 bits per heavy atom. The van der Waals surface area contributed by atoms with E-state index in [-0.39, 0.29) is 18.5 Å². The summed E-state index contributed by atoms with van der Waals surface area (Å²) in [5.41, 5.74) is 0.876. The molecular weight excluding hydrogens is 250 g/mol. The number of carbonyl (C=O) groups is 1. The Labute approximate surface area is 109 Å². The van der Waals surface area contributed by atoms with Crippen molar-refractivity contribution in [1.29, 1.82) is 0 Å². The maximum Gasteiger partial charge on any atom is 0.241 e. The van der Waals surface area contributed by atoms with E-state index in [1.807, 2.05) is 12.3 Å². The highest BCUT2D eigenvalue weighted by Crippen LogP contribution is 2.20. The van der Waals surface area contributed by atoms with Crippen molar-refractivity contribution in [2.75, 3.05) is 12.4 Å². The van der Waals surface area contributed by atoms with Crippen LogP contribution in [0.15, 0.2) is 24.0 Å². The lowest BCUT2D eigenvalue weighted by Gasteiger charge is -2.09. The molecule has 7 heteroatoms. The van der Waals surface area contributed by atoms with Crippen molar-refractivity contribution >= 4 is 22.9 Å². The minimum atomic E-state index is -0.0716. The van der Waals surface area contributed by atoms with Gasteiger partial charge in [-0.2, -0.15) is 5.10 Å². The Hall–Kier alpha value is -1.89. The fraction of sp³-hybridized carbons (Fsp3) is 0.364. The Balaban J connectivity index is 1.96. The summed E-state index contributed by atoms with van der Waals surface area (Å²) in [4.78, 5) is 15.4. The first-order valence-electron chi connectivity index (χ1n) is 5.58. The number of nitrogens with zero attached hydrogens (tertiary/aromatic N) is 3. The van der Waals surface area contributed by atoms with Gasteiger partial charge < -0.3 is 10.6 Å². The third kappa shape index (κ3) is 3.07. The maximum absolute atomic E-state index is 11.2. The number of hydrogen-bond donors (Lipinski definition) is 2. The highest BCUT2D eigenvalue weighted by molar-refractivity contribution is 7.09. The predicted molar refractivity (Wildman–Crippen MR) is 70.4 cm³/mol. The second kappa shape index (κ2) is 5.63. The Bertz CT molecular complexity index is 507. The molecule has 2 N–H and O–H groups in total. The van der Waals surface area contributed by atoms with Crippen LogP contribution in [0.4, 0.5) is 5.69 Å². The number of amides is 1. The average molecular weight is 265 g/mol. The molecular formula is C11H15N5OS. The number of aromatic nitrogens is 3. The number of thiazole rings is 1. The lowest BCUT2D eigenvalue weighted by molar-refractivity contribution is -0.121. The zero-order valence-electron chi connectivity index (χ0n) is 10.3. The topological polar surface area (TPSA) is 71.8 Å². The average Bonchev–Trinajstić information content (AvgIpc) is 3.00. The summed E-state index contributed by atoms with van der Waals surface area (Å²) in [6.07, 6.45) is 5.29. The largest absolute Gasteiger partial charge is 0.374 e. The van der Waals surface area contributed by atoms with E-state index >= 15 is 0 Å². The number of carbonyl (C=O) groups excluding carboxylic acids is 1. The summed E-state index contributed by atoms with van der Waals surface area (Å²) in [7, 11) is 1.61. The van der Waals surface area contributed by atoms with E-state index in [2.05, 4.69) is 20.7 Å². The van der Waals surface area contributed by atoms with Gasteiger partial charge in [0.1, 0.15) is 11.6 Å². The maximum atomic E-state index is 11.2. The predicted octanol–water partition coefficient (Wildman–Crippen LogP) is 1.26. The lowest BCUT2D eigenvalue weighted by atomic mass is 10.3. The summed E-state index contributed by atoms with van der Waals surface area (Å²) < 4.78 is 1.59. The Morgan fingerprint density at radius 2 is 2.44 bits per heavy atom. The molecule has 0 radical (unpaired) electrons. The van der Waals surface area contributed by atoms with Crippen molar-refractivity contribution in [2.45, 2.75) is 19.5 Å². The molecule has 2 aromatic rings. The van der Waals surface area contributed by atoms with Gasteiger partial charge in [0, 0.05) is 24.8 Å². The molecule has 0 saturated carbocycles. The van der Waals surface area contributed by atoms with Gasteiger partial charge in [0.2, 0.25) is 5.91 Å². The zero-order chi connectivity index (χ0) is 13.0. The highest BCUT2D eigenvalue weighted by atomic mass is 32.1. The van der Waals surface area contributed by atoms with Crippen LogP contribution >= 0.6 is 11.3 Å². The molecule has 0 aliphatic carbocycles. The Morgan fingerprint density at radius 3 is 3.11 bits per heavy atom. The summed E-state index contributed by atoms with van der Waals surface area (Å²) in [6.45, 7) is 2.26. The molecule has 2 rings (SSSR count). The van der Waals surface area contributed by atoms with Crippen LogP contribution in [0.3, 0.4) is 0 Å². The molecule has 1 atom stereocenters. The molecule has 1 amide bonds. The molecule has 6 nitrogen and oxygen atoms in total.